The van der Waals surface area contributed by atoms with Gasteiger partial charge in [-0.15, -0.1) is 0 Å². The van der Waals surface area contributed by atoms with Gasteiger partial charge in [-0.2, -0.15) is 0 Å². The maximum absolute atomic E-state index is 13.0. The Balaban J connectivity index is 2.59. The van der Waals surface area contributed by atoms with Gasteiger partial charge in [0, 0.05) is 4.47 Å². The number of hydrogen-bond donors (Lipinski definition) is 0. The summed E-state index contributed by atoms with van der Waals surface area (Å²) in [4.78, 5) is 10.5. The molecule has 0 aliphatic heterocycles. The van der Waals surface area contributed by atoms with Crippen LogP contribution < -0.4 is 0 Å². The molecule has 2 nitrogen and oxygen atoms in total. The zero-order valence-electron chi connectivity index (χ0n) is 7.84. The van der Waals surface area contributed by atoms with E-state index in [1.807, 2.05) is 0 Å². The second-order valence-corrected chi connectivity index (χ2v) is 4.33. The van der Waals surface area contributed by atoms with Gasteiger partial charge in [-0.05, 0) is 40.2 Å². The normalized spacial score (nSPS) is 10.4. The molecule has 2 aromatic rings. The van der Waals surface area contributed by atoms with Gasteiger partial charge >= 0.3 is 0 Å². The largest absolute Gasteiger partial charge is 0.453 e. The Morgan fingerprint density at radius 3 is 2.69 bits per heavy atom. The van der Waals surface area contributed by atoms with Gasteiger partial charge in [-0.25, -0.2) is 4.39 Å². The highest BCUT2D eigenvalue weighted by Crippen LogP contribution is 2.36. The number of carbonyl (C=O) groups is 1. The number of furan rings is 1. The molecule has 82 valence electrons. The summed E-state index contributed by atoms with van der Waals surface area (Å²) in [7, 11) is 0. The van der Waals surface area contributed by atoms with Crippen molar-refractivity contribution in [1.82, 2.24) is 0 Å². The van der Waals surface area contributed by atoms with E-state index >= 15 is 0 Å². The number of carbonyl (C=O) groups excluding carboxylic acids is 1. The predicted octanol–water partition coefficient (Wildman–Crippen LogP) is 4.31. The summed E-state index contributed by atoms with van der Waals surface area (Å²) < 4.78 is 18.7. The van der Waals surface area contributed by atoms with Crippen molar-refractivity contribution < 1.29 is 13.6 Å². The summed E-state index contributed by atoms with van der Waals surface area (Å²) in [5.41, 5.74) is 0.524. The van der Waals surface area contributed by atoms with Crippen LogP contribution in [-0.4, -0.2) is 6.29 Å². The van der Waals surface area contributed by atoms with E-state index in [1.54, 1.807) is 6.07 Å². The van der Waals surface area contributed by atoms with Crippen LogP contribution in [0.4, 0.5) is 4.39 Å². The van der Waals surface area contributed by atoms with Crippen LogP contribution in [0, 0.1) is 5.82 Å². The lowest BCUT2D eigenvalue weighted by Gasteiger charge is -2.04. The van der Waals surface area contributed by atoms with E-state index in [-0.39, 0.29) is 10.8 Å². The number of aldehydes is 1. The summed E-state index contributed by atoms with van der Waals surface area (Å²) in [6, 6.07) is 5.59. The van der Waals surface area contributed by atoms with Gasteiger partial charge in [0.25, 0.3) is 0 Å². The first-order chi connectivity index (χ1) is 7.61. The van der Waals surface area contributed by atoms with E-state index in [2.05, 4.69) is 15.9 Å². The summed E-state index contributed by atoms with van der Waals surface area (Å²) in [5.74, 6) is 0.170. The molecular formula is C11H5BrClFO2. The predicted molar refractivity (Wildman–Crippen MR) is 62.2 cm³/mol. The highest BCUT2D eigenvalue weighted by atomic mass is 79.9. The summed E-state index contributed by atoms with van der Waals surface area (Å²) in [6.45, 7) is 0. The van der Waals surface area contributed by atoms with Crippen LogP contribution in [0.5, 0.6) is 0 Å². The molecule has 0 atom stereocenters. The molecule has 1 aromatic carbocycles. The molecule has 0 bridgehead atoms. The lowest BCUT2D eigenvalue weighted by Crippen LogP contribution is -1.82. The van der Waals surface area contributed by atoms with Crippen molar-refractivity contribution in [2.75, 3.05) is 0 Å². The number of hydrogen-bond acceptors (Lipinski definition) is 2. The highest BCUT2D eigenvalue weighted by Gasteiger charge is 2.13. The second-order valence-electron chi connectivity index (χ2n) is 3.06. The quantitative estimate of drug-likeness (QED) is 0.774. The SMILES string of the molecule is O=Cc1ccc(-c2c(Cl)cc(F)cc2Br)o1. The van der Waals surface area contributed by atoms with Crippen molar-refractivity contribution in [2.24, 2.45) is 0 Å². The lowest BCUT2D eigenvalue weighted by atomic mass is 10.2. The molecule has 0 aliphatic carbocycles. The fraction of sp³-hybridized carbons (Fsp3) is 0. The minimum Gasteiger partial charge on any atom is -0.453 e. The number of rotatable bonds is 2. The third-order valence-corrected chi connectivity index (χ3v) is 2.92. The average molecular weight is 304 g/mol. The number of halogens is 3. The first kappa shape index (κ1) is 11.4. The van der Waals surface area contributed by atoms with Crippen LogP contribution in [0.2, 0.25) is 5.02 Å². The first-order valence-electron chi connectivity index (χ1n) is 4.31. The Kier molecular flexibility index (Phi) is 3.12. The van der Waals surface area contributed by atoms with Crippen LogP contribution in [0.1, 0.15) is 10.6 Å². The average Bonchev–Trinajstić information content (AvgIpc) is 2.64. The maximum Gasteiger partial charge on any atom is 0.185 e. The molecule has 5 heteroatoms. The summed E-state index contributed by atoms with van der Waals surface area (Å²) in [6.07, 6.45) is 0.592. The van der Waals surface area contributed by atoms with Crippen molar-refractivity contribution >= 4 is 33.8 Å². The topological polar surface area (TPSA) is 30.2 Å². The molecule has 0 unspecified atom stereocenters. The highest BCUT2D eigenvalue weighted by molar-refractivity contribution is 9.10. The van der Waals surface area contributed by atoms with Gasteiger partial charge in [-0.1, -0.05) is 11.6 Å². The van der Waals surface area contributed by atoms with Gasteiger partial charge in [-0.3, -0.25) is 4.79 Å². The van der Waals surface area contributed by atoms with E-state index in [9.17, 15) is 9.18 Å². The summed E-state index contributed by atoms with van der Waals surface area (Å²) >= 11 is 9.10. The van der Waals surface area contributed by atoms with E-state index in [0.29, 0.717) is 22.1 Å². The molecule has 2 rings (SSSR count). The summed E-state index contributed by atoms with van der Waals surface area (Å²) in [5, 5.41) is 0.221. The van der Waals surface area contributed by atoms with Crippen molar-refractivity contribution in [1.29, 1.82) is 0 Å². The minimum absolute atomic E-state index is 0.197. The van der Waals surface area contributed by atoms with E-state index in [4.69, 9.17) is 16.0 Å². The first-order valence-corrected chi connectivity index (χ1v) is 5.49. The van der Waals surface area contributed by atoms with Crippen molar-refractivity contribution in [3.8, 4) is 11.3 Å². The van der Waals surface area contributed by atoms with Gasteiger partial charge in [0.2, 0.25) is 0 Å². The minimum atomic E-state index is -0.442. The third-order valence-electron chi connectivity index (χ3n) is 2.00. The molecule has 0 saturated carbocycles. The van der Waals surface area contributed by atoms with Crippen molar-refractivity contribution in [3.05, 3.63) is 45.3 Å². The number of benzene rings is 1. The van der Waals surface area contributed by atoms with Crippen LogP contribution in [0.25, 0.3) is 11.3 Å². The molecule has 0 aliphatic rings. The molecule has 0 amide bonds. The third kappa shape index (κ3) is 2.03. The monoisotopic (exact) mass is 302 g/mol. The Bertz CT molecular complexity index is 528. The van der Waals surface area contributed by atoms with E-state index in [0.717, 1.165) is 0 Å². The van der Waals surface area contributed by atoms with Crippen LogP contribution in [-0.2, 0) is 0 Å². The standard InChI is InChI=1S/C11H5BrClFO2/c12-8-3-6(14)4-9(13)11(8)10-2-1-7(5-15)16-10/h1-5H. The Hall–Kier alpha value is -1.13. The van der Waals surface area contributed by atoms with Crippen molar-refractivity contribution in [3.63, 3.8) is 0 Å². The fourth-order valence-corrected chi connectivity index (χ4v) is 2.37. The molecule has 0 N–H and O–H groups in total. The second kappa shape index (κ2) is 4.39. The zero-order valence-corrected chi connectivity index (χ0v) is 10.2. The molecular weight excluding hydrogens is 298 g/mol. The smallest absolute Gasteiger partial charge is 0.185 e. The molecule has 0 fully saturated rings. The lowest BCUT2D eigenvalue weighted by molar-refractivity contribution is 0.110. The van der Waals surface area contributed by atoms with Crippen LogP contribution >= 0.6 is 27.5 Å². The zero-order chi connectivity index (χ0) is 11.7. The van der Waals surface area contributed by atoms with Gasteiger partial charge in [0.1, 0.15) is 11.6 Å². The van der Waals surface area contributed by atoms with Crippen molar-refractivity contribution in [2.45, 2.75) is 0 Å². The van der Waals surface area contributed by atoms with Crippen LogP contribution in [0.15, 0.2) is 33.2 Å². The molecule has 1 heterocycles. The van der Waals surface area contributed by atoms with Crippen LogP contribution in [0.3, 0.4) is 0 Å². The Labute approximate surface area is 104 Å². The molecule has 0 saturated heterocycles. The van der Waals surface area contributed by atoms with E-state index < -0.39 is 5.82 Å². The molecule has 16 heavy (non-hydrogen) atoms. The Morgan fingerprint density at radius 2 is 2.12 bits per heavy atom. The maximum atomic E-state index is 13.0. The Morgan fingerprint density at radius 1 is 1.38 bits per heavy atom. The van der Waals surface area contributed by atoms with Gasteiger partial charge in [0.05, 0.1) is 10.6 Å². The fourth-order valence-electron chi connectivity index (χ4n) is 1.33. The molecule has 0 spiro atoms. The van der Waals surface area contributed by atoms with E-state index in [1.165, 1.54) is 18.2 Å². The molecule has 1 aromatic heterocycles. The van der Waals surface area contributed by atoms with Gasteiger partial charge < -0.3 is 4.42 Å². The molecule has 0 radical (unpaired) electrons. The van der Waals surface area contributed by atoms with Gasteiger partial charge in [0.15, 0.2) is 12.0 Å².